The Morgan fingerprint density at radius 3 is 2.92 bits per heavy atom. The van der Waals surface area contributed by atoms with Crippen LogP contribution in [0, 0.1) is 11.8 Å². The van der Waals surface area contributed by atoms with E-state index in [4.69, 9.17) is 11.6 Å². The van der Waals surface area contributed by atoms with Crippen molar-refractivity contribution in [3.05, 3.63) is 23.0 Å². The van der Waals surface area contributed by atoms with Crippen LogP contribution in [-0.4, -0.2) is 23.8 Å². The van der Waals surface area contributed by atoms with Crippen LogP contribution in [0.15, 0.2) is 12.1 Å². The fourth-order valence-electron chi connectivity index (χ4n) is 0.723. The minimum Gasteiger partial charge on any atom is -0.319 e. The van der Waals surface area contributed by atoms with Gasteiger partial charge in [-0.1, -0.05) is 17.5 Å². The second-order valence-electron chi connectivity index (χ2n) is 2.40. The van der Waals surface area contributed by atoms with Gasteiger partial charge in [-0.05, 0) is 25.1 Å². The van der Waals surface area contributed by atoms with Gasteiger partial charge >= 0.3 is 0 Å². The van der Waals surface area contributed by atoms with E-state index in [0.717, 1.165) is 13.0 Å². The molecule has 3 nitrogen and oxygen atoms in total. The van der Waals surface area contributed by atoms with E-state index in [9.17, 15) is 0 Å². The van der Waals surface area contributed by atoms with Crippen LogP contribution in [0.4, 0.5) is 0 Å². The van der Waals surface area contributed by atoms with Crippen LogP contribution in [0.3, 0.4) is 0 Å². The van der Waals surface area contributed by atoms with Crippen molar-refractivity contribution in [3.8, 4) is 11.8 Å². The van der Waals surface area contributed by atoms with Crippen molar-refractivity contribution in [2.24, 2.45) is 0 Å². The first-order valence-corrected chi connectivity index (χ1v) is 4.33. The van der Waals surface area contributed by atoms with E-state index < -0.39 is 0 Å². The lowest BCUT2D eigenvalue weighted by molar-refractivity contribution is 0.818. The Morgan fingerprint density at radius 1 is 1.46 bits per heavy atom. The smallest absolute Gasteiger partial charge is 0.151 e. The summed E-state index contributed by atoms with van der Waals surface area (Å²) in [6.45, 7) is 0.883. The number of rotatable bonds is 2. The van der Waals surface area contributed by atoms with Crippen LogP contribution in [-0.2, 0) is 0 Å². The summed E-state index contributed by atoms with van der Waals surface area (Å²) in [4.78, 5) is 0. The maximum atomic E-state index is 5.56. The van der Waals surface area contributed by atoms with Crippen molar-refractivity contribution in [1.29, 1.82) is 0 Å². The Morgan fingerprint density at radius 2 is 2.31 bits per heavy atom. The number of nitrogens with zero attached hydrogens (tertiary/aromatic N) is 2. The topological polar surface area (TPSA) is 37.8 Å². The van der Waals surface area contributed by atoms with Crippen molar-refractivity contribution < 1.29 is 0 Å². The summed E-state index contributed by atoms with van der Waals surface area (Å²) in [6, 6.07) is 3.43. The molecule has 0 aromatic carbocycles. The molecule has 0 unspecified atom stereocenters. The van der Waals surface area contributed by atoms with Crippen LogP contribution in [0.25, 0.3) is 0 Å². The molecule has 1 aromatic rings. The van der Waals surface area contributed by atoms with Crippen molar-refractivity contribution in [2.75, 3.05) is 13.6 Å². The van der Waals surface area contributed by atoms with Gasteiger partial charge < -0.3 is 5.32 Å². The quantitative estimate of drug-likeness (QED) is 0.567. The maximum absolute atomic E-state index is 5.56. The lowest BCUT2D eigenvalue weighted by Gasteiger charge is -1.89. The molecule has 0 radical (unpaired) electrons. The highest BCUT2D eigenvalue weighted by molar-refractivity contribution is 6.29. The van der Waals surface area contributed by atoms with E-state index in [0.29, 0.717) is 10.8 Å². The largest absolute Gasteiger partial charge is 0.319 e. The molecule has 0 spiro atoms. The first-order valence-electron chi connectivity index (χ1n) is 3.95. The lowest BCUT2D eigenvalue weighted by atomic mass is 10.3. The van der Waals surface area contributed by atoms with Gasteiger partial charge in [-0.2, -0.15) is 0 Å². The highest BCUT2D eigenvalue weighted by atomic mass is 35.5. The molecule has 13 heavy (non-hydrogen) atoms. The zero-order chi connectivity index (χ0) is 9.52. The molecule has 0 saturated carbocycles. The molecule has 0 fully saturated rings. The van der Waals surface area contributed by atoms with Crippen LogP contribution in [0.1, 0.15) is 12.1 Å². The molecule has 0 aliphatic rings. The van der Waals surface area contributed by atoms with Crippen molar-refractivity contribution in [3.63, 3.8) is 0 Å². The van der Waals surface area contributed by atoms with Gasteiger partial charge in [0.05, 0.1) is 0 Å². The Labute approximate surface area is 82.5 Å². The second kappa shape index (κ2) is 5.52. The molecular formula is C9H10ClN3. The van der Waals surface area contributed by atoms with Gasteiger partial charge in [0.15, 0.2) is 5.15 Å². The zero-order valence-electron chi connectivity index (χ0n) is 7.34. The standard InChI is InChI=1S/C9H10ClN3/c1-11-7-3-2-4-8-5-6-9(10)13-12-8/h5-6,11H,3,7H2,1H3. The Bertz CT molecular complexity index is 310. The van der Waals surface area contributed by atoms with Gasteiger partial charge in [0.25, 0.3) is 0 Å². The molecular weight excluding hydrogens is 186 g/mol. The van der Waals surface area contributed by atoms with E-state index in [2.05, 4.69) is 27.4 Å². The van der Waals surface area contributed by atoms with E-state index in [1.54, 1.807) is 12.1 Å². The van der Waals surface area contributed by atoms with E-state index in [-0.39, 0.29) is 0 Å². The highest BCUT2D eigenvalue weighted by Gasteiger charge is 1.89. The normalized spacial score (nSPS) is 9.08. The number of halogens is 1. The SMILES string of the molecule is CNCCC#Cc1ccc(Cl)nn1. The summed E-state index contributed by atoms with van der Waals surface area (Å²) in [5.41, 5.74) is 0.653. The summed E-state index contributed by atoms with van der Waals surface area (Å²) in [5.74, 6) is 5.85. The van der Waals surface area contributed by atoms with E-state index >= 15 is 0 Å². The lowest BCUT2D eigenvalue weighted by Crippen LogP contribution is -2.05. The summed E-state index contributed by atoms with van der Waals surface area (Å²) < 4.78 is 0. The second-order valence-corrected chi connectivity index (χ2v) is 2.78. The van der Waals surface area contributed by atoms with Crippen LogP contribution in [0.2, 0.25) is 5.15 Å². The van der Waals surface area contributed by atoms with Gasteiger partial charge in [0.1, 0.15) is 5.69 Å². The predicted molar refractivity (Wildman–Crippen MR) is 52.5 cm³/mol. The summed E-state index contributed by atoms with van der Waals surface area (Å²) >= 11 is 5.56. The summed E-state index contributed by atoms with van der Waals surface area (Å²) in [7, 11) is 1.89. The Kier molecular flexibility index (Phi) is 4.24. The van der Waals surface area contributed by atoms with Gasteiger partial charge in [0, 0.05) is 13.0 Å². The fourth-order valence-corrected chi connectivity index (χ4v) is 0.824. The fraction of sp³-hybridized carbons (Fsp3) is 0.333. The molecule has 1 heterocycles. The van der Waals surface area contributed by atoms with Crippen LogP contribution in [0.5, 0.6) is 0 Å². The molecule has 0 bridgehead atoms. The number of aromatic nitrogens is 2. The third-order valence-electron chi connectivity index (χ3n) is 1.35. The monoisotopic (exact) mass is 195 g/mol. The Balaban J connectivity index is 2.52. The number of hydrogen-bond acceptors (Lipinski definition) is 3. The highest BCUT2D eigenvalue weighted by Crippen LogP contribution is 2.00. The molecule has 1 rings (SSSR count). The van der Waals surface area contributed by atoms with Crippen molar-refractivity contribution in [1.82, 2.24) is 15.5 Å². The van der Waals surface area contributed by atoms with Gasteiger partial charge in [-0.3, -0.25) is 0 Å². The van der Waals surface area contributed by atoms with Crippen molar-refractivity contribution in [2.45, 2.75) is 6.42 Å². The average Bonchev–Trinajstić information content (AvgIpc) is 2.15. The molecule has 0 amide bonds. The molecule has 0 aliphatic carbocycles. The summed E-state index contributed by atoms with van der Waals surface area (Å²) in [5, 5.41) is 10.9. The zero-order valence-corrected chi connectivity index (χ0v) is 8.10. The molecule has 1 N–H and O–H groups in total. The third-order valence-corrected chi connectivity index (χ3v) is 1.55. The molecule has 0 aliphatic heterocycles. The minimum atomic E-state index is 0.390. The first-order chi connectivity index (χ1) is 6.33. The molecule has 0 atom stereocenters. The maximum Gasteiger partial charge on any atom is 0.151 e. The molecule has 0 saturated heterocycles. The molecule has 4 heteroatoms. The van der Waals surface area contributed by atoms with Crippen LogP contribution >= 0.6 is 11.6 Å². The minimum absolute atomic E-state index is 0.390. The first kappa shape index (κ1) is 9.97. The third kappa shape index (κ3) is 3.88. The van der Waals surface area contributed by atoms with Crippen LogP contribution < -0.4 is 5.32 Å². The molecule has 68 valence electrons. The predicted octanol–water partition coefficient (Wildman–Crippen LogP) is 1.09. The van der Waals surface area contributed by atoms with E-state index in [1.807, 2.05) is 7.05 Å². The Hall–Kier alpha value is -1.11. The number of hydrogen-bond donors (Lipinski definition) is 1. The number of nitrogens with one attached hydrogen (secondary N) is 1. The van der Waals surface area contributed by atoms with E-state index in [1.165, 1.54) is 0 Å². The average molecular weight is 196 g/mol. The van der Waals surface area contributed by atoms with Gasteiger partial charge in [-0.25, -0.2) is 0 Å². The van der Waals surface area contributed by atoms with Gasteiger partial charge in [0.2, 0.25) is 0 Å². The van der Waals surface area contributed by atoms with Gasteiger partial charge in [-0.15, -0.1) is 10.2 Å². The van der Waals surface area contributed by atoms with Crippen molar-refractivity contribution >= 4 is 11.6 Å². The summed E-state index contributed by atoms with van der Waals surface area (Å²) in [6.07, 6.45) is 0.806. The molecule has 1 aromatic heterocycles.